The van der Waals surface area contributed by atoms with Crippen LogP contribution >= 0.6 is 0 Å². The first kappa shape index (κ1) is 17.9. The molecule has 2 saturated heterocycles. The van der Waals surface area contributed by atoms with Gasteiger partial charge in [-0.1, -0.05) is 0 Å². The van der Waals surface area contributed by atoms with Gasteiger partial charge < -0.3 is 20.1 Å². The van der Waals surface area contributed by atoms with Crippen molar-refractivity contribution in [2.75, 3.05) is 26.2 Å². The number of carbonyl (C=O) groups is 2. The van der Waals surface area contributed by atoms with Gasteiger partial charge in [0.1, 0.15) is 6.04 Å². The number of hydrogen-bond acceptors (Lipinski definition) is 4. The minimum atomic E-state index is -0.433. The van der Waals surface area contributed by atoms with Crippen molar-refractivity contribution in [1.82, 2.24) is 25.1 Å². The van der Waals surface area contributed by atoms with E-state index >= 15 is 0 Å². The van der Waals surface area contributed by atoms with Crippen LogP contribution in [0, 0.1) is 5.92 Å². The zero-order chi connectivity index (χ0) is 17.8. The Morgan fingerprint density at radius 1 is 1.32 bits per heavy atom. The number of hydrogen-bond donors (Lipinski definition) is 2. The van der Waals surface area contributed by atoms with Gasteiger partial charge in [-0.2, -0.15) is 0 Å². The van der Waals surface area contributed by atoms with Crippen molar-refractivity contribution in [3.8, 4) is 0 Å². The molecule has 2 amide bonds. The Balaban J connectivity index is 1.58. The summed E-state index contributed by atoms with van der Waals surface area (Å²) in [7, 11) is 0. The minimum Gasteiger partial charge on any atom is -0.353 e. The highest BCUT2D eigenvalue weighted by atomic mass is 16.2. The molecule has 1 aromatic rings. The number of imidazole rings is 1. The van der Waals surface area contributed by atoms with Crippen LogP contribution in [-0.2, 0) is 16.0 Å². The second-order valence-electron chi connectivity index (χ2n) is 7.45. The third-order valence-electron chi connectivity index (χ3n) is 5.46. The molecule has 138 valence electrons. The second kappa shape index (κ2) is 7.99. The lowest BCUT2D eigenvalue weighted by atomic mass is 9.91. The van der Waals surface area contributed by atoms with E-state index in [1.54, 1.807) is 17.4 Å². The Hall–Kier alpha value is -1.89. The van der Waals surface area contributed by atoms with E-state index in [1.807, 2.05) is 0 Å². The number of amides is 2. The summed E-state index contributed by atoms with van der Waals surface area (Å²) in [6, 6.07) is 0.138. The minimum absolute atomic E-state index is 0.0659. The molecule has 1 atom stereocenters. The lowest BCUT2D eigenvalue weighted by Crippen LogP contribution is -2.58. The largest absolute Gasteiger partial charge is 0.353 e. The molecule has 0 saturated carbocycles. The summed E-state index contributed by atoms with van der Waals surface area (Å²) in [6.07, 6.45) is 6.49. The van der Waals surface area contributed by atoms with Gasteiger partial charge in [0.25, 0.3) is 0 Å². The summed E-state index contributed by atoms with van der Waals surface area (Å²) >= 11 is 0. The first-order valence-electron chi connectivity index (χ1n) is 9.33. The summed E-state index contributed by atoms with van der Waals surface area (Å²) in [6.45, 7) is 7.70. The van der Waals surface area contributed by atoms with Crippen LogP contribution in [-0.4, -0.2) is 69.8 Å². The third-order valence-corrected chi connectivity index (χ3v) is 5.46. The van der Waals surface area contributed by atoms with E-state index in [2.05, 4.69) is 34.0 Å². The highest BCUT2D eigenvalue weighted by Gasteiger charge is 2.34. The molecular weight excluding hydrogens is 318 g/mol. The van der Waals surface area contributed by atoms with Gasteiger partial charge in [-0.15, -0.1) is 0 Å². The fourth-order valence-corrected chi connectivity index (χ4v) is 3.86. The summed E-state index contributed by atoms with van der Waals surface area (Å²) in [5.74, 6) is 0.478. The average Bonchev–Trinajstić information content (AvgIpc) is 3.10. The van der Waals surface area contributed by atoms with Crippen molar-refractivity contribution >= 4 is 11.8 Å². The molecule has 2 fully saturated rings. The number of aromatic nitrogens is 2. The number of aromatic amines is 1. The van der Waals surface area contributed by atoms with Crippen molar-refractivity contribution in [2.24, 2.45) is 5.92 Å². The number of nitrogens with one attached hydrogen (secondary N) is 2. The molecule has 1 aromatic heterocycles. The Kier molecular flexibility index (Phi) is 5.73. The number of nitrogens with zero attached hydrogens (tertiary/aromatic N) is 3. The Labute approximate surface area is 149 Å². The highest BCUT2D eigenvalue weighted by molar-refractivity contribution is 5.89. The SMILES string of the molecule is CC(C)N1CCC(CC(=O)N2CCNC(=O)C2Cc2cnc[nH]2)CC1. The average molecular weight is 347 g/mol. The molecule has 0 spiro atoms. The maximum atomic E-state index is 12.9. The number of H-pyrrole nitrogens is 1. The van der Waals surface area contributed by atoms with E-state index in [-0.39, 0.29) is 11.8 Å². The van der Waals surface area contributed by atoms with Crippen LogP contribution in [0.5, 0.6) is 0 Å². The van der Waals surface area contributed by atoms with E-state index in [0.717, 1.165) is 31.6 Å². The molecule has 0 aliphatic carbocycles. The first-order chi connectivity index (χ1) is 12.0. The van der Waals surface area contributed by atoms with Gasteiger partial charge in [0.15, 0.2) is 0 Å². The lowest BCUT2D eigenvalue weighted by Gasteiger charge is -2.38. The van der Waals surface area contributed by atoms with Gasteiger partial charge in [0.2, 0.25) is 11.8 Å². The van der Waals surface area contributed by atoms with Gasteiger partial charge in [-0.05, 0) is 45.7 Å². The van der Waals surface area contributed by atoms with Crippen LogP contribution in [0.2, 0.25) is 0 Å². The molecule has 1 unspecified atom stereocenters. The zero-order valence-electron chi connectivity index (χ0n) is 15.2. The molecule has 0 aromatic carbocycles. The van der Waals surface area contributed by atoms with E-state index in [0.29, 0.717) is 37.9 Å². The number of piperidine rings is 1. The highest BCUT2D eigenvalue weighted by Crippen LogP contribution is 2.24. The number of likely N-dealkylation sites (tertiary alicyclic amines) is 1. The molecule has 2 aliphatic heterocycles. The molecule has 0 bridgehead atoms. The Bertz CT molecular complexity index is 578. The van der Waals surface area contributed by atoms with E-state index in [1.165, 1.54) is 0 Å². The number of piperazine rings is 1. The van der Waals surface area contributed by atoms with Gasteiger partial charge in [0, 0.05) is 43.9 Å². The molecule has 3 heterocycles. The first-order valence-corrected chi connectivity index (χ1v) is 9.33. The van der Waals surface area contributed by atoms with Crippen LogP contribution in [0.25, 0.3) is 0 Å². The normalized spacial score (nSPS) is 23.1. The standard InChI is InChI=1S/C18H29N5O2/c1-13(2)22-6-3-14(4-7-22)9-17(24)23-8-5-20-18(25)16(23)10-15-11-19-12-21-15/h11-14,16H,3-10H2,1-2H3,(H,19,21)(H,20,25). The predicted molar refractivity (Wildman–Crippen MR) is 94.9 cm³/mol. The van der Waals surface area contributed by atoms with Gasteiger partial charge in [0.05, 0.1) is 6.33 Å². The maximum absolute atomic E-state index is 12.9. The molecule has 0 radical (unpaired) electrons. The topological polar surface area (TPSA) is 81.3 Å². The van der Waals surface area contributed by atoms with E-state index in [4.69, 9.17) is 0 Å². The maximum Gasteiger partial charge on any atom is 0.243 e. The van der Waals surface area contributed by atoms with E-state index in [9.17, 15) is 9.59 Å². The summed E-state index contributed by atoms with van der Waals surface area (Å²) in [4.78, 5) is 36.4. The van der Waals surface area contributed by atoms with Crippen LogP contribution in [0.3, 0.4) is 0 Å². The Morgan fingerprint density at radius 3 is 2.72 bits per heavy atom. The van der Waals surface area contributed by atoms with Crippen LogP contribution < -0.4 is 5.32 Å². The van der Waals surface area contributed by atoms with Crippen molar-refractivity contribution in [1.29, 1.82) is 0 Å². The smallest absolute Gasteiger partial charge is 0.243 e. The summed E-state index contributed by atoms with van der Waals surface area (Å²) in [5, 5.41) is 2.88. The van der Waals surface area contributed by atoms with Gasteiger partial charge in [-0.25, -0.2) is 4.98 Å². The zero-order valence-corrected chi connectivity index (χ0v) is 15.2. The van der Waals surface area contributed by atoms with Crippen molar-refractivity contribution in [2.45, 2.75) is 51.6 Å². The fraction of sp³-hybridized carbons (Fsp3) is 0.722. The lowest BCUT2D eigenvalue weighted by molar-refractivity contribution is -0.144. The second-order valence-corrected chi connectivity index (χ2v) is 7.45. The van der Waals surface area contributed by atoms with Crippen molar-refractivity contribution in [3.63, 3.8) is 0 Å². The van der Waals surface area contributed by atoms with Crippen LogP contribution in [0.15, 0.2) is 12.5 Å². The van der Waals surface area contributed by atoms with Crippen LogP contribution in [0.4, 0.5) is 0 Å². The van der Waals surface area contributed by atoms with Gasteiger partial charge in [-0.3, -0.25) is 9.59 Å². The van der Waals surface area contributed by atoms with E-state index < -0.39 is 6.04 Å². The molecule has 2 N–H and O–H groups in total. The van der Waals surface area contributed by atoms with Crippen LogP contribution in [0.1, 0.15) is 38.8 Å². The number of rotatable bonds is 5. The Morgan fingerprint density at radius 2 is 2.08 bits per heavy atom. The molecule has 7 heteroatoms. The van der Waals surface area contributed by atoms with Crippen molar-refractivity contribution < 1.29 is 9.59 Å². The van der Waals surface area contributed by atoms with Crippen molar-refractivity contribution in [3.05, 3.63) is 18.2 Å². The number of carbonyl (C=O) groups excluding carboxylic acids is 2. The molecule has 25 heavy (non-hydrogen) atoms. The molecule has 2 aliphatic rings. The summed E-state index contributed by atoms with van der Waals surface area (Å²) < 4.78 is 0. The molecule has 3 rings (SSSR count). The van der Waals surface area contributed by atoms with Gasteiger partial charge >= 0.3 is 0 Å². The molecular formula is C18H29N5O2. The molecule has 7 nitrogen and oxygen atoms in total. The fourth-order valence-electron chi connectivity index (χ4n) is 3.86. The third kappa shape index (κ3) is 4.39. The monoisotopic (exact) mass is 347 g/mol. The predicted octanol–water partition coefficient (Wildman–Crippen LogP) is 0.790. The quantitative estimate of drug-likeness (QED) is 0.825. The summed E-state index contributed by atoms with van der Waals surface area (Å²) in [5.41, 5.74) is 0.880.